The molecule has 0 bridgehead atoms. The first-order valence-electron chi connectivity index (χ1n) is 15.1. The molecule has 1 aliphatic carbocycles. The lowest BCUT2D eigenvalue weighted by molar-refractivity contribution is 0.0911. The molecular weight excluding hydrogens is 528 g/mol. The summed E-state index contributed by atoms with van der Waals surface area (Å²) in [5.41, 5.74) is 10.4. The zero-order chi connectivity index (χ0) is 29.7. The van der Waals surface area contributed by atoms with Crippen LogP contribution >= 0.6 is 0 Å². The van der Waals surface area contributed by atoms with Crippen molar-refractivity contribution in [2.24, 2.45) is 5.92 Å². The molecule has 1 N–H and O–H groups in total. The summed E-state index contributed by atoms with van der Waals surface area (Å²) < 4.78 is 33.4. The highest BCUT2D eigenvalue weighted by Crippen LogP contribution is 2.44. The maximum atomic E-state index is 14.1. The summed E-state index contributed by atoms with van der Waals surface area (Å²) in [6.07, 6.45) is 2.39. The van der Waals surface area contributed by atoms with Crippen molar-refractivity contribution in [1.29, 1.82) is 0 Å². The first-order valence-corrected chi connectivity index (χ1v) is 15.1. The van der Waals surface area contributed by atoms with Gasteiger partial charge in [0.1, 0.15) is 5.75 Å². The van der Waals surface area contributed by atoms with E-state index in [-0.39, 0.29) is 12.3 Å². The molecule has 3 atom stereocenters. The number of aryl methyl sites for hydroxylation is 2. The number of aromatic nitrogens is 2. The molecule has 1 saturated carbocycles. The summed E-state index contributed by atoms with van der Waals surface area (Å²) in [6, 6.07) is 14.2. The van der Waals surface area contributed by atoms with E-state index in [9.17, 15) is 8.78 Å². The summed E-state index contributed by atoms with van der Waals surface area (Å²) in [7, 11) is 0. The van der Waals surface area contributed by atoms with Crippen LogP contribution in [0.25, 0.3) is 27.9 Å². The third kappa shape index (κ3) is 5.39. The average Bonchev–Trinajstić information content (AvgIpc) is 3.73. The van der Waals surface area contributed by atoms with E-state index in [0.29, 0.717) is 28.7 Å². The Bertz CT molecular complexity index is 1690. The Morgan fingerprint density at radius 1 is 1.07 bits per heavy atom. The van der Waals surface area contributed by atoms with Crippen LogP contribution in [0.15, 0.2) is 49.0 Å². The number of nitrogens with one attached hydrogen (secondary N) is 1. The number of benzene rings is 2. The average molecular weight is 568 g/mol. The monoisotopic (exact) mass is 567 g/mol. The van der Waals surface area contributed by atoms with Crippen LogP contribution in [0.1, 0.15) is 84.0 Å². The molecule has 0 radical (unpaired) electrons. The Hall–Kier alpha value is -3.80. The number of nitrogens with zero attached hydrogens (tertiary/aromatic N) is 2. The van der Waals surface area contributed by atoms with Crippen LogP contribution in [0, 0.1) is 32.6 Å². The molecule has 218 valence electrons. The minimum absolute atomic E-state index is 0.233. The van der Waals surface area contributed by atoms with Crippen molar-refractivity contribution >= 4 is 16.6 Å². The van der Waals surface area contributed by atoms with Gasteiger partial charge in [0.15, 0.2) is 0 Å². The summed E-state index contributed by atoms with van der Waals surface area (Å²) in [6.45, 7) is 15.4. The molecule has 1 fully saturated rings. The molecule has 4 aromatic rings. The van der Waals surface area contributed by atoms with E-state index < -0.39 is 12.3 Å². The molecule has 2 aliphatic rings. The van der Waals surface area contributed by atoms with Gasteiger partial charge >= 0.3 is 0 Å². The number of ether oxygens (including phenoxy) is 1. The molecular formula is C36H39F2N3O. The van der Waals surface area contributed by atoms with Crippen molar-refractivity contribution in [2.75, 3.05) is 6.54 Å². The minimum Gasteiger partial charge on any atom is -0.460 e. The molecule has 2 aromatic heterocycles. The van der Waals surface area contributed by atoms with Gasteiger partial charge < -0.3 is 10.1 Å². The summed E-state index contributed by atoms with van der Waals surface area (Å²) in [5.74, 6) is 1.39. The van der Waals surface area contributed by atoms with E-state index in [2.05, 4.69) is 43.7 Å². The first-order chi connectivity index (χ1) is 20.1. The Morgan fingerprint density at radius 3 is 2.60 bits per heavy atom. The maximum Gasteiger partial charge on any atom is 0.242 e. The molecule has 0 amide bonds. The second kappa shape index (κ2) is 11.1. The van der Waals surface area contributed by atoms with Crippen LogP contribution in [-0.2, 0) is 6.42 Å². The lowest BCUT2D eigenvalue weighted by atomic mass is 9.88. The highest BCUT2D eigenvalue weighted by atomic mass is 19.1. The normalized spacial score (nSPS) is 17.5. The lowest BCUT2D eigenvalue weighted by Crippen LogP contribution is -2.23. The van der Waals surface area contributed by atoms with Crippen molar-refractivity contribution in [3.63, 3.8) is 0 Å². The molecule has 42 heavy (non-hydrogen) atoms. The highest BCUT2D eigenvalue weighted by molar-refractivity contribution is 5.86. The number of pyridine rings is 2. The number of hydrogen-bond donors (Lipinski definition) is 1. The van der Waals surface area contributed by atoms with Gasteiger partial charge in [0.2, 0.25) is 12.3 Å². The standard InChI is InChI=1S/C36H39F2N3O/c1-7-19(2)29-17-31(40-35(22(29)5)25-10-11-32-27(14-25)16-33(37)42-32)30(24-8-9-24)18-39-23(6)26-12-20(3)34-28(15-26)13-21(4)36(38)41-34/h10-15,17,19,24,30,33,39H,6-9,16,18H2,1-5H3. The topological polar surface area (TPSA) is 47.0 Å². The first kappa shape index (κ1) is 28.3. The SMILES string of the molecule is C=C(NCC(c1cc(C(C)CC)c(C)c(-c2ccc3c(c2)CC(F)O3)n1)C1CC1)c1cc(C)c2nc(F)c(C)cc2c1. The van der Waals surface area contributed by atoms with Crippen molar-refractivity contribution in [2.45, 2.75) is 78.5 Å². The zero-order valence-electron chi connectivity index (χ0n) is 25.2. The molecule has 2 aromatic carbocycles. The van der Waals surface area contributed by atoms with Gasteiger partial charge in [-0.05, 0) is 117 Å². The Morgan fingerprint density at radius 2 is 1.86 bits per heavy atom. The number of rotatable bonds is 9. The predicted octanol–water partition coefficient (Wildman–Crippen LogP) is 8.86. The van der Waals surface area contributed by atoms with Gasteiger partial charge in [-0.15, -0.1) is 0 Å². The third-order valence-electron chi connectivity index (χ3n) is 9.14. The van der Waals surface area contributed by atoms with Gasteiger partial charge in [-0.1, -0.05) is 20.4 Å². The second-order valence-corrected chi connectivity index (χ2v) is 12.2. The Labute approximate surface area is 247 Å². The number of halogens is 2. The van der Waals surface area contributed by atoms with Crippen molar-refractivity contribution in [3.8, 4) is 17.0 Å². The number of fused-ring (bicyclic) bond motifs is 2. The van der Waals surface area contributed by atoms with Crippen LogP contribution in [-0.4, -0.2) is 22.9 Å². The summed E-state index contributed by atoms with van der Waals surface area (Å²) >= 11 is 0. The number of alkyl halides is 1. The van der Waals surface area contributed by atoms with Gasteiger partial charge in [0.05, 0.1) is 11.2 Å². The van der Waals surface area contributed by atoms with Gasteiger partial charge in [0.25, 0.3) is 0 Å². The van der Waals surface area contributed by atoms with E-state index in [1.807, 2.05) is 43.3 Å². The van der Waals surface area contributed by atoms with Crippen LogP contribution < -0.4 is 10.1 Å². The molecule has 6 heteroatoms. The molecule has 6 rings (SSSR count). The molecule has 1 aliphatic heterocycles. The smallest absolute Gasteiger partial charge is 0.242 e. The van der Waals surface area contributed by atoms with E-state index in [4.69, 9.17) is 9.72 Å². The van der Waals surface area contributed by atoms with Crippen molar-refractivity contribution in [3.05, 3.63) is 94.1 Å². The van der Waals surface area contributed by atoms with Gasteiger partial charge in [-0.25, -0.2) is 9.37 Å². The molecule has 0 spiro atoms. The van der Waals surface area contributed by atoms with Gasteiger partial charge in [-0.2, -0.15) is 4.39 Å². The quantitative estimate of drug-likeness (QED) is 0.205. The van der Waals surface area contributed by atoms with Crippen molar-refractivity contribution < 1.29 is 13.5 Å². The van der Waals surface area contributed by atoms with Gasteiger partial charge in [-0.3, -0.25) is 4.98 Å². The lowest BCUT2D eigenvalue weighted by Gasteiger charge is -2.24. The van der Waals surface area contributed by atoms with Crippen LogP contribution in [0.3, 0.4) is 0 Å². The fourth-order valence-electron chi connectivity index (χ4n) is 6.28. The van der Waals surface area contributed by atoms with E-state index >= 15 is 0 Å². The molecule has 3 heterocycles. The van der Waals surface area contributed by atoms with Gasteiger partial charge in [0, 0.05) is 52.4 Å². The van der Waals surface area contributed by atoms with E-state index in [1.54, 1.807) is 6.92 Å². The fourth-order valence-corrected chi connectivity index (χ4v) is 6.28. The van der Waals surface area contributed by atoms with Crippen LogP contribution in [0.2, 0.25) is 0 Å². The fraction of sp³-hybridized carbons (Fsp3) is 0.389. The maximum absolute atomic E-state index is 14.1. The second-order valence-electron chi connectivity index (χ2n) is 12.2. The van der Waals surface area contributed by atoms with Crippen molar-refractivity contribution in [1.82, 2.24) is 15.3 Å². The largest absolute Gasteiger partial charge is 0.460 e. The highest BCUT2D eigenvalue weighted by Gasteiger charge is 2.34. The minimum atomic E-state index is -1.28. The predicted molar refractivity (Wildman–Crippen MR) is 166 cm³/mol. The van der Waals surface area contributed by atoms with Crippen LogP contribution in [0.5, 0.6) is 5.75 Å². The molecule has 0 saturated heterocycles. The van der Waals surface area contributed by atoms with E-state index in [0.717, 1.165) is 57.7 Å². The van der Waals surface area contributed by atoms with Crippen LogP contribution in [0.4, 0.5) is 8.78 Å². The summed E-state index contributed by atoms with van der Waals surface area (Å²) in [5, 5.41) is 4.53. The third-order valence-corrected chi connectivity index (χ3v) is 9.14. The zero-order valence-corrected chi connectivity index (χ0v) is 25.2. The summed E-state index contributed by atoms with van der Waals surface area (Å²) in [4.78, 5) is 9.46. The Kier molecular flexibility index (Phi) is 7.50. The molecule has 3 unspecified atom stereocenters. The molecule has 4 nitrogen and oxygen atoms in total. The van der Waals surface area contributed by atoms with E-state index in [1.165, 1.54) is 24.0 Å². The number of hydrogen-bond acceptors (Lipinski definition) is 4. The Balaban J connectivity index is 1.32.